The van der Waals surface area contributed by atoms with Crippen LogP contribution in [0.5, 0.6) is 0 Å². The van der Waals surface area contributed by atoms with Crippen molar-refractivity contribution in [3.05, 3.63) is 58.1 Å². The molecule has 0 atom stereocenters. The highest BCUT2D eigenvalue weighted by atomic mass is 35.5. The van der Waals surface area contributed by atoms with Gasteiger partial charge in [0.25, 0.3) is 5.91 Å². The number of amides is 1. The maximum Gasteiger partial charge on any atom is 0.257 e. The summed E-state index contributed by atoms with van der Waals surface area (Å²) in [6, 6.07) is 10.4. The van der Waals surface area contributed by atoms with Crippen LogP contribution >= 0.6 is 11.6 Å². The molecular weight excluding hydrogens is 360 g/mol. The molecule has 2 aromatic carbocycles. The molecule has 2 rings (SSSR count). The Morgan fingerprint density at radius 1 is 1.24 bits per heavy atom. The largest absolute Gasteiger partial charge is 0.321 e. The Bertz CT molecular complexity index is 911. The van der Waals surface area contributed by atoms with Gasteiger partial charge in [-0.3, -0.25) is 9.10 Å². The summed E-state index contributed by atoms with van der Waals surface area (Å²) in [5.74, 6) is -0.331. The summed E-state index contributed by atoms with van der Waals surface area (Å²) in [6.07, 6.45) is 1.90. The number of halogens is 1. The van der Waals surface area contributed by atoms with Gasteiger partial charge in [0, 0.05) is 12.7 Å². The summed E-state index contributed by atoms with van der Waals surface area (Å²) >= 11 is 6.22. The molecule has 7 heteroatoms. The maximum atomic E-state index is 12.6. The standard InChI is InChI=1S/C18H21ClN2O3S/c1-5-13-8-6-7-12(2)17(13)20-18(22)15-10-9-14(11-16(15)19)21(3)25(4,23)24/h6-11H,5H2,1-4H3,(H,20,22). The van der Waals surface area contributed by atoms with E-state index >= 15 is 0 Å². The number of aryl methyl sites for hydroxylation is 2. The highest BCUT2D eigenvalue weighted by Crippen LogP contribution is 2.27. The molecule has 0 aromatic heterocycles. The van der Waals surface area contributed by atoms with Gasteiger partial charge in [-0.2, -0.15) is 0 Å². The van der Waals surface area contributed by atoms with E-state index in [-0.39, 0.29) is 16.5 Å². The predicted molar refractivity (Wildman–Crippen MR) is 103 cm³/mol. The number of carbonyl (C=O) groups is 1. The zero-order valence-electron chi connectivity index (χ0n) is 14.6. The third kappa shape index (κ3) is 4.32. The second-order valence-electron chi connectivity index (χ2n) is 5.81. The molecule has 0 fully saturated rings. The lowest BCUT2D eigenvalue weighted by Gasteiger charge is -2.18. The van der Waals surface area contributed by atoms with Crippen molar-refractivity contribution in [1.29, 1.82) is 0 Å². The minimum Gasteiger partial charge on any atom is -0.321 e. The van der Waals surface area contributed by atoms with Crippen LogP contribution in [0.15, 0.2) is 36.4 Å². The second kappa shape index (κ2) is 7.45. The van der Waals surface area contributed by atoms with Crippen LogP contribution in [0.2, 0.25) is 5.02 Å². The van der Waals surface area contributed by atoms with Crippen LogP contribution < -0.4 is 9.62 Å². The molecule has 0 aliphatic carbocycles. The van der Waals surface area contributed by atoms with Crippen LogP contribution in [-0.4, -0.2) is 27.6 Å². The minimum absolute atomic E-state index is 0.192. The van der Waals surface area contributed by atoms with Gasteiger partial charge in [0.15, 0.2) is 0 Å². The number of para-hydroxylation sites is 1. The SMILES string of the molecule is CCc1cccc(C)c1NC(=O)c1ccc(N(C)S(C)(=O)=O)cc1Cl. The Morgan fingerprint density at radius 2 is 1.92 bits per heavy atom. The van der Waals surface area contributed by atoms with Gasteiger partial charge in [-0.25, -0.2) is 8.42 Å². The van der Waals surface area contributed by atoms with Crippen LogP contribution in [0.25, 0.3) is 0 Å². The fourth-order valence-electron chi connectivity index (χ4n) is 2.46. The van der Waals surface area contributed by atoms with Gasteiger partial charge >= 0.3 is 0 Å². The molecule has 0 aliphatic rings. The first-order chi connectivity index (χ1) is 11.6. The van der Waals surface area contributed by atoms with Gasteiger partial charge in [-0.1, -0.05) is 36.7 Å². The molecule has 2 aromatic rings. The Kier molecular flexibility index (Phi) is 5.75. The molecule has 25 heavy (non-hydrogen) atoms. The van der Waals surface area contributed by atoms with E-state index in [1.807, 2.05) is 32.0 Å². The Balaban J connectivity index is 2.33. The van der Waals surface area contributed by atoms with E-state index in [9.17, 15) is 13.2 Å². The van der Waals surface area contributed by atoms with E-state index in [1.165, 1.54) is 19.2 Å². The monoisotopic (exact) mass is 380 g/mol. The van der Waals surface area contributed by atoms with Crippen molar-refractivity contribution in [3.8, 4) is 0 Å². The van der Waals surface area contributed by atoms with Crippen LogP contribution in [-0.2, 0) is 16.4 Å². The fourth-order valence-corrected chi connectivity index (χ4v) is 3.22. The van der Waals surface area contributed by atoms with Crippen molar-refractivity contribution in [2.75, 3.05) is 22.9 Å². The van der Waals surface area contributed by atoms with Gasteiger partial charge in [0.1, 0.15) is 0 Å². The lowest BCUT2D eigenvalue weighted by atomic mass is 10.1. The summed E-state index contributed by atoms with van der Waals surface area (Å²) in [4.78, 5) is 12.6. The number of hydrogen-bond donors (Lipinski definition) is 1. The van der Waals surface area contributed by atoms with Crippen LogP contribution in [0.3, 0.4) is 0 Å². The minimum atomic E-state index is -3.39. The summed E-state index contributed by atoms with van der Waals surface area (Å²) in [5, 5.41) is 3.10. The molecular formula is C18H21ClN2O3S. The molecule has 0 unspecified atom stereocenters. The number of anilines is 2. The summed E-state index contributed by atoms with van der Waals surface area (Å²) in [7, 11) is -1.96. The molecule has 0 bridgehead atoms. The molecule has 134 valence electrons. The van der Waals surface area contributed by atoms with E-state index in [1.54, 1.807) is 6.07 Å². The third-order valence-electron chi connectivity index (χ3n) is 4.04. The van der Waals surface area contributed by atoms with E-state index in [0.717, 1.165) is 33.8 Å². The van der Waals surface area contributed by atoms with Crippen molar-refractivity contribution in [1.82, 2.24) is 0 Å². The number of nitrogens with one attached hydrogen (secondary N) is 1. The Labute approximate surface area is 153 Å². The number of carbonyl (C=O) groups excluding carboxylic acids is 1. The quantitative estimate of drug-likeness (QED) is 0.856. The summed E-state index contributed by atoms with van der Waals surface area (Å²) in [6.45, 7) is 3.95. The maximum absolute atomic E-state index is 12.6. The molecule has 0 heterocycles. The number of nitrogens with zero attached hydrogens (tertiary/aromatic N) is 1. The van der Waals surface area contributed by atoms with Crippen molar-refractivity contribution in [2.45, 2.75) is 20.3 Å². The number of benzene rings is 2. The summed E-state index contributed by atoms with van der Waals surface area (Å²) in [5.41, 5.74) is 3.48. The smallest absolute Gasteiger partial charge is 0.257 e. The number of sulfonamides is 1. The van der Waals surface area contributed by atoms with Gasteiger partial charge in [-0.15, -0.1) is 0 Å². The zero-order chi connectivity index (χ0) is 18.8. The molecule has 0 spiro atoms. The van der Waals surface area contributed by atoms with Gasteiger partial charge in [0.05, 0.1) is 22.5 Å². The zero-order valence-corrected chi connectivity index (χ0v) is 16.2. The van der Waals surface area contributed by atoms with E-state index in [4.69, 9.17) is 11.6 Å². The highest BCUT2D eigenvalue weighted by Gasteiger charge is 2.17. The Morgan fingerprint density at radius 3 is 2.48 bits per heavy atom. The molecule has 0 radical (unpaired) electrons. The molecule has 1 amide bonds. The predicted octanol–water partition coefficient (Wildman–Crippen LogP) is 3.86. The second-order valence-corrected chi connectivity index (χ2v) is 8.23. The Hall–Kier alpha value is -2.05. The summed E-state index contributed by atoms with van der Waals surface area (Å²) < 4.78 is 24.3. The van der Waals surface area contributed by atoms with Crippen molar-refractivity contribution in [3.63, 3.8) is 0 Å². The highest BCUT2D eigenvalue weighted by molar-refractivity contribution is 7.92. The molecule has 1 N–H and O–H groups in total. The number of hydrogen-bond acceptors (Lipinski definition) is 3. The lowest BCUT2D eigenvalue weighted by Crippen LogP contribution is -2.25. The number of rotatable bonds is 5. The molecule has 0 saturated heterocycles. The van der Waals surface area contributed by atoms with Crippen LogP contribution in [0.4, 0.5) is 11.4 Å². The van der Waals surface area contributed by atoms with Crippen molar-refractivity contribution < 1.29 is 13.2 Å². The van der Waals surface area contributed by atoms with Gasteiger partial charge in [-0.05, 0) is 42.7 Å². The van der Waals surface area contributed by atoms with Crippen molar-refractivity contribution in [2.24, 2.45) is 0 Å². The third-order valence-corrected chi connectivity index (χ3v) is 5.56. The topological polar surface area (TPSA) is 66.5 Å². The van der Waals surface area contributed by atoms with Crippen molar-refractivity contribution >= 4 is 38.9 Å². The van der Waals surface area contributed by atoms with Crippen LogP contribution in [0, 0.1) is 6.92 Å². The average molecular weight is 381 g/mol. The van der Waals surface area contributed by atoms with E-state index < -0.39 is 10.0 Å². The first kappa shape index (κ1) is 19.3. The van der Waals surface area contributed by atoms with E-state index in [0.29, 0.717) is 5.69 Å². The molecule has 5 nitrogen and oxygen atoms in total. The average Bonchev–Trinajstić information content (AvgIpc) is 2.54. The van der Waals surface area contributed by atoms with Gasteiger partial charge < -0.3 is 5.32 Å². The first-order valence-corrected chi connectivity index (χ1v) is 10.0. The first-order valence-electron chi connectivity index (χ1n) is 7.78. The van der Waals surface area contributed by atoms with Crippen LogP contribution in [0.1, 0.15) is 28.4 Å². The molecule has 0 saturated carbocycles. The fraction of sp³-hybridized carbons (Fsp3) is 0.278. The van der Waals surface area contributed by atoms with Gasteiger partial charge in [0.2, 0.25) is 10.0 Å². The molecule has 0 aliphatic heterocycles. The van der Waals surface area contributed by atoms with E-state index in [2.05, 4.69) is 5.32 Å². The lowest BCUT2D eigenvalue weighted by molar-refractivity contribution is 0.102. The normalized spacial score (nSPS) is 11.2.